The van der Waals surface area contributed by atoms with Crippen LogP contribution in [0.2, 0.25) is 0 Å². The third-order valence-electron chi connectivity index (χ3n) is 2.29. The first-order valence-electron chi connectivity index (χ1n) is 5.10. The molecule has 13 heavy (non-hydrogen) atoms. The summed E-state index contributed by atoms with van der Waals surface area (Å²) in [6.07, 6.45) is 1.29. The smallest absolute Gasteiger partial charge is 0.0154 e. The molecular weight excluding hydrogens is 180 g/mol. The van der Waals surface area contributed by atoms with Crippen molar-refractivity contribution >= 4 is 12.8 Å². The fraction of sp³-hybridized carbons (Fsp3) is 1.00. The van der Waals surface area contributed by atoms with Gasteiger partial charge in [-0.1, -0.05) is 33.6 Å². The van der Waals surface area contributed by atoms with E-state index in [4.69, 9.17) is 0 Å². The van der Waals surface area contributed by atoms with Gasteiger partial charge in [-0.15, -0.1) is 0 Å². The van der Waals surface area contributed by atoms with Crippen LogP contribution in [0.4, 0.5) is 0 Å². The highest BCUT2D eigenvalue weighted by atomic mass is 32.1. The van der Waals surface area contributed by atoms with Crippen LogP contribution in [-0.4, -0.2) is 42.9 Å². The summed E-state index contributed by atoms with van der Waals surface area (Å²) in [5.74, 6) is 0. The zero-order chi connectivity index (χ0) is 10.5. The van der Waals surface area contributed by atoms with Crippen LogP contribution in [0.1, 0.15) is 27.2 Å². The number of thiol groups is 1. The van der Waals surface area contributed by atoms with E-state index < -0.39 is 0 Å². The minimum atomic E-state index is 0.534. The van der Waals surface area contributed by atoms with Crippen LogP contribution in [0.5, 0.6) is 0 Å². The van der Waals surface area contributed by atoms with Gasteiger partial charge in [0.05, 0.1) is 0 Å². The van der Waals surface area contributed by atoms with Crippen molar-refractivity contribution < 1.29 is 0 Å². The molecule has 1 fully saturated rings. The fourth-order valence-corrected chi connectivity index (χ4v) is 2.17. The first kappa shape index (κ1) is 13.3. The average Bonchev–Trinajstić information content (AvgIpc) is 2.02. The Kier molecular flexibility index (Phi) is 6.01. The predicted octanol–water partition coefficient (Wildman–Crippen LogP) is 2.13. The summed E-state index contributed by atoms with van der Waals surface area (Å²) in [6.45, 7) is 9.81. The molecular formula is C10H24N2S. The highest BCUT2D eigenvalue weighted by molar-refractivity contribution is 7.77. The zero-order valence-corrected chi connectivity index (χ0v) is 10.6. The second-order valence-corrected chi connectivity index (χ2v) is 4.75. The maximum atomic E-state index is 4.26. The molecule has 0 aromatic rings. The largest absolute Gasteiger partial charge is 0.309 e. The van der Waals surface area contributed by atoms with Gasteiger partial charge in [-0.2, -0.15) is 0 Å². The molecule has 0 spiro atoms. The van der Waals surface area contributed by atoms with Gasteiger partial charge < -0.3 is 4.90 Å². The summed E-state index contributed by atoms with van der Waals surface area (Å²) in [7, 11) is 4.25. The van der Waals surface area contributed by atoms with Crippen molar-refractivity contribution in [1.29, 1.82) is 0 Å². The van der Waals surface area contributed by atoms with E-state index in [0.717, 1.165) is 13.1 Å². The monoisotopic (exact) mass is 204 g/mol. The molecule has 1 aliphatic rings. The van der Waals surface area contributed by atoms with E-state index in [1.54, 1.807) is 0 Å². The Hall–Kier alpha value is 0.270. The minimum Gasteiger partial charge on any atom is -0.309 e. The molecule has 0 N–H and O–H groups in total. The topological polar surface area (TPSA) is 6.48 Å². The van der Waals surface area contributed by atoms with Crippen molar-refractivity contribution in [2.24, 2.45) is 5.41 Å². The molecule has 1 heterocycles. The minimum absolute atomic E-state index is 0.534. The van der Waals surface area contributed by atoms with Crippen LogP contribution < -0.4 is 0 Å². The summed E-state index contributed by atoms with van der Waals surface area (Å²) < 4.78 is 2.08. The number of hydrogen-bond acceptors (Lipinski definition) is 3. The molecule has 80 valence electrons. The maximum absolute atomic E-state index is 4.26. The van der Waals surface area contributed by atoms with Gasteiger partial charge in [0.2, 0.25) is 0 Å². The van der Waals surface area contributed by atoms with Crippen LogP contribution in [0, 0.1) is 5.41 Å². The van der Waals surface area contributed by atoms with Crippen molar-refractivity contribution in [1.82, 2.24) is 9.21 Å². The molecule has 0 aliphatic carbocycles. The molecule has 2 nitrogen and oxygen atoms in total. The third kappa shape index (κ3) is 4.89. The normalized spacial score (nSPS) is 20.5. The molecule has 0 unspecified atom stereocenters. The number of hydrogen-bond donors (Lipinski definition) is 1. The van der Waals surface area contributed by atoms with Crippen LogP contribution in [0.15, 0.2) is 0 Å². The van der Waals surface area contributed by atoms with Crippen molar-refractivity contribution in [3.8, 4) is 0 Å². The number of nitrogens with zero attached hydrogens (tertiary/aromatic N) is 2. The number of rotatable bonds is 3. The SMILES string of the molecule is CC.CN(C)CCC1(C)CN(S)C1. The molecule has 0 aromatic heterocycles. The van der Waals surface area contributed by atoms with Gasteiger partial charge in [-0.3, -0.25) is 4.31 Å². The van der Waals surface area contributed by atoms with Crippen molar-refractivity contribution in [2.75, 3.05) is 33.7 Å². The molecule has 1 saturated heterocycles. The zero-order valence-electron chi connectivity index (χ0n) is 9.67. The van der Waals surface area contributed by atoms with Crippen LogP contribution >= 0.6 is 12.8 Å². The van der Waals surface area contributed by atoms with Crippen LogP contribution in [-0.2, 0) is 0 Å². The van der Waals surface area contributed by atoms with E-state index in [0.29, 0.717) is 5.41 Å². The second-order valence-electron chi connectivity index (χ2n) is 4.19. The molecule has 1 aliphatic heterocycles. The molecule has 0 saturated carbocycles. The molecule has 0 atom stereocenters. The lowest BCUT2D eigenvalue weighted by Crippen LogP contribution is -2.50. The summed E-state index contributed by atoms with van der Waals surface area (Å²) in [5, 5.41) is 0. The lowest BCUT2D eigenvalue weighted by molar-refractivity contribution is 0.0836. The maximum Gasteiger partial charge on any atom is 0.0154 e. The Morgan fingerprint density at radius 3 is 2.08 bits per heavy atom. The standard InChI is InChI=1S/C8H18N2S.C2H6/c1-8(4-5-9(2)3)6-10(11)7-8;1-2/h11H,4-7H2,1-3H3;1-2H3. The van der Waals surface area contributed by atoms with Gasteiger partial charge in [0, 0.05) is 13.1 Å². The summed E-state index contributed by atoms with van der Waals surface area (Å²) in [4.78, 5) is 2.24. The Bertz CT molecular complexity index is 131. The summed E-state index contributed by atoms with van der Waals surface area (Å²) in [6, 6.07) is 0. The Morgan fingerprint density at radius 2 is 1.77 bits per heavy atom. The predicted molar refractivity (Wildman–Crippen MR) is 63.2 cm³/mol. The summed E-state index contributed by atoms with van der Waals surface area (Å²) in [5.41, 5.74) is 0.534. The lowest BCUT2D eigenvalue weighted by Gasteiger charge is -2.45. The van der Waals surface area contributed by atoms with Gasteiger partial charge >= 0.3 is 0 Å². The van der Waals surface area contributed by atoms with E-state index >= 15 is 0 Å². The summed E-state index contributed by atoms with van der Waals surface area (Å²) >= 11 is 4.26. The lowest BCUT2D eigenvalue weighted by atomic mass is 9.81. The first-order valence-corrected chi connectivity index (χ1v) is 5.50. The highest BCUT2D eigenvalue weighted by Crippen LogP contribution is 2.34. The van der Waals surface area contributed by atoms with Gasteiger partial charge in [-0.05, 0) is 32.5 Å². The van der Waals surface area contributed by atoms with E-state index in [9.17, 15) is 0 Å². The van der Waals surface area contributed by atoms with E-state index in [-0.39, 0.29) is 0 Å². The van der Waals surface area contributed by atoms with Gasteiger partial charge in [0.25, 0.3) is 0 Å². The Morgan fingerprint density at radius 1 is 1.31 bits per heavy atom. The second kappa shape index (κ2) is 5.89. The van der Waals surface area contributed by atoms with Gasteiger partial charge in [0.15, 0.2) is 0 Å². The average molecular weight is 204 g/mol. The van der Waals surface area contributed by atoms with Crippen LogP contribution in [0.25, 0.3) is 0 Å². The molecule has 0 aromatic carbocycles. The van der Waals surface area contributed by atoms with Gasteiger partial charge in [-0.25, -0.2) is 0 Å². The quantitative estimate of drug-likeness (QED) is 0.704. The molecule has 1 rings (SSSR count). The van der Waals surface area contributed by atoms with E-state index in [1.807, 2.05) is 13.8 Å². The molecule has 0 bridgehead atoms. The highest BCUT2D eigenvalue weighted by Gasteiger charge is 2.36. The Balaban J connectivity index is 0.000000671. The molecule has 3 heteroatoms. The van der Waals surface area contributed by atoms with E-state index in [2.05, 4.69) is 43.0 Å². The van der Waals surface area contributed by atoms with Gasteiger partial charge in [0.1, 0.15) is 0 Å². The molecule has 0 radical (unpaired) electrons. The first-order chi connectivity index (χ1) is 6.02. The van der Waals surface area contributed by atoms with Crippen molar-refractivity contribution in [3.63, 3.8) is 0 Å². The third-order valence-corrected chi connectivity index (χ3v) is 2.57. The van der Waals surface area contributed by atoms with E-state index in [1.165, 1.54) is 13.0 Å². The fourth-order valence-electron chi connectivity index (χ4n) is 1.49. The van der Waals surface area contributed by atoms with Crippen molar-refractivity contribution in [3.05, 3.63) is 0 Å². The van der Waals surface area contributed by atoms with Crippen LogP contribution in [0.3, 0.4) is 0 Å². The molecule has 0 amide bonds. The Labute approximate surface area is 88.8 Å². The van der Waals surface area contributed by atoms with Crippen molar-refractivity contribution in [2.45, 2.75) is 27.2 Å².